The number of piperidine rings is 1. The van der Waals surface area contributed by atoms with E-state index in [1.165, 1.54) is 0 Å². The van der Waals surface area contributed by atoms with Crippen molar-refractivity contribution in [3.63, 3.8) is 0 Å². The zero-order valence-electron chi connectivity index (χ0n) is 21.9. The number of esters is 1. The Morgan fingerprint density at radius 2 is 1.81 bits per heavy atom. The number of carbonyl (C=O) groups excluding carboxylic acids is 2. The molecule has 0 N–H and O–H groups in total. The van der Waals surface area contributed by atoms with E-state index in [2.05, 4.69) is 0 Å². The molecule has 0 spiro atoms. The van der Waals surface area contributed by atoms with Gasteiger partial charge in [0.1, 0.15) is 17.2 Å². The molecule has 0 radical (unpaired) electrons. The third kappa shape index (κ3) is 5.88. The average Bonchev–Trinajstić information content (AvgIpc) is 3.38. The Labute approximate surface area is 217 Å². The molecular formula is C28H35N3O6. The van der Waals surface area contributed by atoms with E-state index in [-0.39, 0.29) is 30.4 Å². The summed E-state index contributed by atoms with van der Waals surface area (Å²) in [7, 11) is 4.83. The Morgan fingerprint density at radius 1 is 1.03 bits per heavy atom. The molecule has 0 aliphatic carbocycles. The summed E-state index contributed by atoms with van der Waals surface area (Å²) in [5.41, 5.74) is 2.45. The van der Waals surface area contributed by atoms with Crippen molar-refractivity contribution in [2.75, 3.05) is 47.6 Å². The van der Waals surface area contributed by atoms with Crippen LogP contribution in [0.4, 0.5) is 0 Å². The SMILES string of the molecule is CCOC(=O)[C@@H]1CCCN(CC(=O)N2N=C(c3ccccc3OC)C[C@@H]2c2ccc(OC)cc2OC)C1. The fourth-order valence-electron chi connectivity index (χ4n) is 5.04. The minimum atomic E-state index is -0.362. The molecule has 0 saturated carbocycles. The van der Waals surface area contributed by atoms with E-state index in [4.69, 9.17) is 24.0 Å². The molecule has 198 valence electrons. The zero-order valence-corrected chi connectivity index (χ0v) is 21.9. The van der Waals surface area contributed by atoms with E-state index >= 15 is 0 Å². The number of hydrogen-bond donors (Lipinski definition) is 0. The zero-order chi connectivity index (χ0) is 26.4. The topological polar surface area (TPSA) is 89.9 Å². The number of benzene rings is 2. The van der Waals surface area contributed by atoms with Gasteiger partial charge in [-0.15, -0.1) is 0 Å². The molecular weight excluding hydrogens is 474 g/mol. The maximum absolute atomic E-state index is 13.7. The lowest BCUT2D eigenvalue weighted by molar-refractivity contribution is -0.150. The van der Waals surface area contributed by atoms with Gasteiger partial charge in [-0.1, -0.05) is 12.1 Å². The van der Waals surface area contributed by atoms with Crippen molar-refractivity contribution in [1.82, 2.24) is 9.91 Å². The Kier molecular flexibility index (Phi) is 8.66. The van der Waals surface area contributed by atoms with E-state index in [1.54, 1.807) is 33.3 Å². The molecule has 9 nitrogen and oxygen atoms in total. The van der Waals surface area contributed by atoms with Crippen molar-refractivity contribution < 1.29 is 28.5 Å². The molecule has 2 aromatic carbocycles. The number of nitrogens with zero attached hydrogens (tertiary/aromatic N) is 3. The minimum Gasteiger partial charge on any atom is -0.497 e. The van der Waals surface area contributed by atoms with Crippen LogP contribution in [0.1, 0.15) is 43.4 Å². The summed E-state index contributed by atoms with van der Waals surface area (Å²) < 4.78 is 21.8. The molecule has 0 aromatic heterocycles. The van der Waals surface area contributed by atoms with E-state index < -0.39 is 0 Å². The van der Waals surface area contributed by atoms with E-state index in [9.17, 15) is 9.59 Å². The summed E-state index contributed by atoms with van der Waals surface area (Å²) >= 11 is 0. The lowest BCUT2D eigenvalue weighted by atomic mass is 9.96. The largest absolute Gasteiger partial charge is 0.497 e. The highest BCUT2D eigenvalue weighted by atomic mass is 16.5. The molecule has 2 aromatic rings. The number of hydrogen-bond acceptors (Lipinski definition) is 8. The average molecular weight is 510 g/mol. The molecule has 4 rings (SSSR count). The van der Waals surface area contributed by atoms with Crippen LogP contribution in [0.15, 0.2) is 47.6 Å². The highest BCUT2D eigenvalue weighted by Crippen LogP contribution is 2.40. The first-order valence-electron chi connectivity index (χ1n) is 12.6. The van der Waals surface area contributed by atoms with E-state index in [0.29, 0.717) is 36.8 Å². The van der Waals surface area contributed by atoms with Gasteiger partial charge in [0.25, 0.3) is 5.91 Å². The second kappa shape index (κ2) is 12.1. The number of carbonyl (C=O) groups is 2. The molecule has 0 unspecified atom stereocenters. The molecule has 37 heavy (non-hydrogen) atoms. The highest BCUT2D eigenvalue weighted by Gasteiger charge is 2.37. The van der Waals surface area contributed by atoms with Gasteiger partial charge in [-0.2, -0.15) is 5.10 Å². The van der Waals surface area contributed by atoms with Gasteiger partial charge in [0.15, 0.2) is 0 Å². The second-order valence-electron chi connectivity index (χ2n) is 9.14. The maximum atomic E-state index is 13.7. The molecule has 1 saturated heterocycles. The molecule has 1 amide bonds. The van der Waals surface area contributed by atoms with Gasteiger partial charge < -0.3 is 18.9 Å². The molecule has 2 atom stereocenters. The van der Waals surface area contributed by atoms with Crippen LogP contribution in [0.25, 0.3) is 0 Å². The van der Waals surface area contributed by atoms with Crippen molar-refractivity contribution in [3.8, 4) is 17.2 Å². The second-order valence-corrected chi connectivity index (χ2v) is 9.14. The van der Waals surface area contributed by atoms with Crippen LogP contribution in [0, 0.1) is 5.92 Å². The summed E-state index contributed by atoms with van der Waals surface area (Å²) in [6.07, 6.45) is 2.11. The van der Waals surface area contributed by atoms with Crippen LogP contribution >= 0.6 is 0 Å². The van der Waals surface area contributed by atoms with Gasteiger partial charge in [0, 0.05) is 30.2 Å². The van der Waals surface area contributed by atoms with Crippen LogP contribution in [0.5, 0.6) is 17.2 Å². The Hall–Kier alpha value is -3.59. The molecule has 0 bridgehead atoms. The lowest BCUT2D eigenvalue weighted by Gasteiger charge is -2.32. The molecule has 2 aliphatic rings. The van der Waals surface area contributed by atoms with Crippen LogP contribution in [0.3, 0.4) is 0 Å². The van der Waals surface area contributed by atoms with Gasteiger partial charge >= 0.3 is 5.97 Å². The van der Waals surface area contributed by atoms with E-state index in [1.807, 2.05) is 47.4 Å². The first-order chi connectivity index (χ1) is 18.0. The number of methoxy groups -OCH3 is 3. The van der Waals surface area contributed by atoms with Crippen molar-refractivity contribution in [1.29, 1.82) is 0 Å². The standard InChI is InChI=1S/C28H35N3O6/c1-5-37-28(33)19-9-8-14-30(17-19)18-27(32)31-24(22-13-12-20(34-2)15-26(22)36-4)16-23(29-31)21-10-6-7-11-25(21)35-3/h6-7,10-13,15,19,24H,5,8-9,14,16-18H2,1-4H3/t19-,24-/m1/s1. The van der Waals surface area contributed by atoms with Crippen molar-refractivity contribution in [2.45, 2.75) is 32.2 Å². The number of hydrazone groups is 1. The fourth-order valence-corrected chi connectivity index (χ4v) is 5.04. The Morgan fingerprint density at radius 3 is 2.54 bits per heavy atom. The number of ether oxygens (including phenoxy) is 4. The number of para-hydroxylation sites is 1. The Balaban J connectivity index is 1.62. The summed E-state index contributed by atoms with van der Waals surface area (Å²) in [5, 5.41) is 6.36. The minimum absolute atomic E-state index is 0.141. The molecule has 1 fully saturated rings. The first kappa shape index (κ1) is 26.5. The third-order valence-electron chi connectivity index (χ3n) is 6.87. The van der Waals surface area contributed by atoms with Crippen LogP contribution in [-0.2, 0) is 14.3 Å². The van der Waals surface area contributed by atoms with Crippen LogP contribution in [-0.4, -0.2) is 75.1 Å². The van der Waals surface area contributed by atoms with E-state index in [0.717, 1.165) is 36.2 Å². The third-order valence-corrected chi connectivity index (χ3v) is 6.87. The summed E-state index contributed by atoms with van der Waals surface area (Å²) in [6.45, 7) is 3.56. The quantitative estimate of drug-likeness (QED) is 0.477. The normalized spacial score (nSPS) is 19.8. The van der Waals surface area contributed by atoms with Gasteiger partial charge in [-0.25, -0.2) is 5.01 Å². The Bertz CT molecular complexity index is 1150. The van der Waals surface area contributed by atoms with Gasteiger partial charge in [-0.05, 0) is 50.6 Å². The summed E-state index contributed by atoms with van der Waals surface area (Å²) in [5.74, 6) is 1.43. The first-order valence-corrected chi connectivity index (χ1v) is 12.6. The van der Waals surface area contributed by atoms with Crippen LogP contribution in [0.2, 0.25) is 0 Å². The molecule has 2 heterocycles. The van der Waals surface area contributed by atoms with Crippen molar-refractivity contribution in [2.24, 2.45) is 11.0 Å². The van der Waals surface area contributed by atoms with Gasteiger partial charge in [0.05, 0.1) is 52.2 Å². The molecule has 9 heteroatoms. The summed E-state index contributed by atoms with van der Waals surface area (Å²) in [4.78, 5) is 28.0. The maximum Gasteiger partial charge on any atom is 0.310 e. The van der Waals surface area contributed by atoms with Gasteiger partial charge in [-0.3, -0.25) is 14.5 Å². The predicted octanol–water partition coefficient (Wildman–Crippen LogP) is 3.67. The smallest absolute Gasteiger partial charge is 0.310 e. The van der Waals surface area contributed by atoms with Crippen molar-refractivity contribution in [3.05, 3.63) is 53.6 Å². The molecule has 2 aliphatic heterocycles. The van der Waals surface area contributed by atoms with Gasteiger partial charge in [0.2, 0.25) is 0 Å². The number of amides is 1. The van der Waals surface area contributed by atoms with Crippen molar-refractivity contribution >= 4 is 17.6 Å². The monoisotopic (exact) mass is 509 g/mol. The summed E-state index contributed by atoms with van der Waals surface area (Å²) in [6, 6.07) is 12.9. The lowest BCUT2D eigenvalue weighted by Crippen LogP contribution is -2.44. The predicted molar refractivity (Wildman–Crippen MR) is 139 cm³/mol. The fraction of sp³-hybridized carbons (Fsp3) is 0.464. The highest BCUT2D eigenvalue weighted by molar-refractivity contribution is 6.05. The number of likely N-dealkylation sites (tertiary alicyclic amines) is 1. The number of rotatable bonds is 9. The van der Waals surface area contributed by atoms with Crippen LogP contribution < -0.4 is 14.2 Å².